The van der Waals surface area contributed by atoms with Gasteiger partial charge in [0.15, 0.2) is 0 Å². The Bertz CT molecular complexity index is 377. The molecule has 0 aliphatic carbocycles. The fourth-order valence-electron chi connectivity index (χ4n) is 2.45. The highest BCUT2D eigenvalue weighted by Crippen LogP contribution is 2.21. The lowest BCUT2D eigenvalue weighted by molar-refractivity contribution is 0.0440. The molecular weight excluding hydrogens is 238 g/mol. The number of aromatic nitrogens is 1. The maximum Gasteiger partial charge on any atom is 0.0750 e. The third-order valence-corrected chi connectivity index (χ3v) is 3.54. The minimum Gasteiger partial charge on any atom is -0.376 e. The van der Waals surface area contributed by atoms with E-state index in [1.54, 1.807) is 0 Å². The van der Waals surface area contributed by atoms with E-state index >= 15 is 0 Å². The molecule has 2 heterocycles. The van der Waals surface area contributed by atoms with Gasteiger partial charge in [0.2, 0.25) is 0 Å². The summed E-state index contributed by atoms with van der Waals surface area (Å²) in [7, 11) is 0. The van der Waals surface area contributed by atoms with Crippen molar-refractivity contribution in [3.05, 3.63) is 24.0 Å². The number of rotatable bonds is 5. The van der Waals surface area contributed by atoms with Gasteiger partial charge in [0, 0.05) is 25.7 Å². The van der Waals surface area contributed by atoms with Crippen LogP contribution in [0.1, 0.15) is 44.8 Å². The van der Waals surface area contributed by atoms with Crippen molar-refractivity contribution in [1.82, 2.24) is 4.98 Å². The largest absolute Gasteiger partial charge is 0.376 e. The Balaban J connectivity index is 1.96. The number of nitrogens with zero attached hydrogens (tertiary/aromatic N) is 2. The second-order valence-electron chi connectivity index (χ2n) is 5.31. The number of nitrogens with two attached hydrogens (primary N) is 1. The molecule has 0 spiro atoms. The first-order valence-electron chi connectivity index (χ1n) is 7.28. The van der Waals surface area contributed by atoms with Gasteiger partial charge >= 0.3 is 0 Å². The Kier molecular flexibility index (Phi) is 5.16. The fraction of sp³-hybridized carbons (Fsp3) is 0.667. The molecule has 19 heavy (non-hydrogen) atoms. The van der Waals surface area contributed by atoms with E-state index in [0.29, 0.717) is 6.10 Å². The van der Waals surface area contributed by atoms with Crippen LogP contribution in [-0.2, 0) is 4.74 Å². The Labute approximate surface area is 116 Å². The zero-order valence-corrected chi connectivity index (χ0v) is 12.0. The first-order chi connectivity index (χ1) is 9.20. The summed E-state index contributed by atoms with van der Waals surface area (Å²) in [6.07, 6.45) is 5.73. The van der Waals surface area contributed by atoms with Crippen LogP contribution in [0.15, 0.2) is 18.3 Å². The van der Waals surface area contributed by atoms with Gasteiger partial charge in [0.25, 0.3) is 0 Å². The smallest absolute Gasteiger partial charge is 0.0750 e. The van der Waals surface area contributed by atoms with E-state index < -0.39 is 0 Å². The van der Waals surface area contributed by atoms with Gasteiger partial charge in [0.05, 0.1) is 23.7 Å². The Morgan fingerprint density at radius 1 is 1.53 bits per heavy atom. The van der Waals surface area contributed by atoms with Crippen LogP contribution in [-0.4, -0.2) is 30.8 Å². The normalized spacial score (nSPS) is 21.4. The summed E-state index contributed by atoms with van der Waals surface area (Å²) in [5.74, 6) is 0. The topological polar surface area (TPSA) is 51.4 Å². The Morgan fingerprint density at radius 3 is 3.00 bits per heavy atom. The van der Waals surface area contributed by atoms with Crippen LogP contribution in [0.25, 0.3) is 0 Å². The zero-order chi connectivity index (χ0) is 13.7. The highest BCUT2D eigenvalue weighted by Gasteiger charge is 2.20. The number of piperidine rings is 1. The predicted molar refractivity (Wildman–Crippen MR) is 78.3 cm³/mol. The van der Waals surface area contributed by atoms with Crippen molar-refractivity contribution < 1.29 is 4.74 Å². The molecule has 4 nitrogen and oxygen atoms in total. The lowest BCUT2D eigenvalue weighted by atomic mass is 10.1. The fourth-order valence-corrected chi connectivity index (χ4v) is 2.45. The Hall–Kier alpha value is -1.13. The molecule has 1 aromatic heterocycles. The van der Waals surface area contributed by atoms with Crippen LogP contribution in [0.2, 0.25) is 0 Å². The molecule has 0 bridgehead atoms. The van der Waals surface area contributed by atoms with E-state index in [2.05, 4.69) is 22.9 Å². The van der Waals surface area contributed by atoms with E-state index in [4.69, 9.17) is 10.5 Å². The molecule has 1 aliphatic heterocycles. The van der Waals surface area contributed by atoms with Gasteiger partial charge in [-0.05, 0) is 38.3 Å². The summed E-state index contributed by atoms with van der Waals surface area (Å²) in [6, 6.07) is 4.14. The minimum absolute atomic E-state index is 0.00366. The van der Waals surface area contributed by atoms with Crippen LogP contribution in [0.3, 0.4) is 0 Å². The predicted octanol–water partition coefficient (Wildman–Crippen LogP) is 2.50. The molecule has 0 aromatic carbocycles. The highest BCUT2D eigenvalue weighted by atomic mass is 16.5. The van der Waals surface area contributed by atoms with Crippen molar-refractivity contribution in [3.63, 3.8) is 0 Å². The zero-order valence-electron chi connectivity index (χ0n) is 12.0. The van der Waals surface area contributed by atoms with E-state index in [1.165, 1.54) is 18.5 Å². The van der Waals surface area contributed by atoms with Crippen molar-refractivity contribution in [1.29, 1.82) is 0 Å². The summed E-state index contributed by atoms with van der Waals surface area (Å²) in [5, 5.41) is 0. The average molecular weight is 263 g/mol. The highest BCUT2D eigenvalue weighted by molar-refractivity contribution is 5.45. The van der Waals surface area contributed by atoms with Crippen molar-refractivity contribution in [2.24, 2.45) is 5.73 Å². The van der Waals surface area contributed by atoms with Gasteiger partial charge in [-0.3, -0.25) is 4.98 Å². The van der Waals surface area contributed by atoms with Crippen LogP contribution in [0.4, 0.5) is 5.69 Å². The summed E-state index contributed by atoms with van der Waals surface area (Å²) >= 11 is 0. The third-order valence-electron chi connectivity index (χ3n) is 3.54. The molecular formula is C15H25N3O. The van der Waals surface area contributed by atoms with Gasteiger partial charge in [-0.2, -0.15) is 0 Å². The molecule has 0 amide bonds. The van der Waals surface area contributed by atoms with Gasteiger partial charge in [-0.15, -0.1) is 0 Å². The number of ether oxygens (including phenoxy) is 1. The molecule has 1 fully saturated rings. The number of anilines is 1. The standard InChI is InChI=1S/C15H25N3O/c1-3-9-19-14-5-4-8-18(11-14)13-6-7-15(12(2)16)17-10-13/h6-7,10,12,14H,3-5,8-9,11,16H2,1-2H3/t12-,14?/m0/s1. The molecule has 1 unspecified atom stereocenters. The van der Waals surface area contributed by atoms with E-state index in [0.717, 1.165) is 31.8 Å². The summed E-state index contributed by atoms with van der Waals surface area (Å²) in [6.45, 7) is 7.03. The number of hydrogen-bond acceptors (Lipinski definition) is 4. The quantitative estimate of drug-likeness (QED) is 0.887. The maximum atomic E-state index is 5.86. The van der Waals surface area contributed by atoms with E-state index in [-0.39, 0.29) is 6.04 Å². The first kappa shape index (κ1) is 14.3. The monoisotopic (exact) mass is 263 g/mol. The minimum atomic E-state index is -0.00366. The molecule has 4 heteroatoms. The second-order valence-corrected chi connectivity index (χ2v) is 5.31. The third kappa shape index (κ3) is 3.91. The molecule has 106 valence electrons. The van der Waals surface area contributed by atoms with Crippen molar-refractivity contribution in [2.75, 3.05) is 24.6 Å². The van der Waals surface area contributed by atoms with Crippen molar-refractivity contribution in [2.45, 2.75) is 45.3 Å². The molecule has 2 N–H and O–H groups in total. The van der Waals surface area contributed by atoms with Gasteiger partial charge in [-0.25, -0.2) is 0 Å². The molecule has 1 saturated heterocycles. The first-order valence-corrected chi connectivity index (χ1v) is 7.28. The SMILES string of the molecule is CCCOC1CCCN(c2ccc([C@H](C)N)nc2)C1. The molecule has 0 saturated carbocycles. The van der Waals surface area contributed by atoms with Crippen LogP contribution in [0, 0.1) is 0 Å². The van der Waals surface area contributed by atoms with Crippen LogP contribution < -0.4 is 10.6 Å². The maximum absolute atomic E-state index is 5.86. The second kappa shape index (κ2) is 6.87. The number of pyridine rings is 1. The molecule has 2 atom stereocenters. The number of hydrogen-bond donors (Lipinski definition) is 1. The molecule has 0 radical (unpaired) electrons. The molecule has 1 aromatic rings. The summed E-state index contributed by atoms with van der Waals surface area (Å²) in [5.41, 5.74) is 7.94. The van der Waals surface area contributed by atoms with Gasteiger partial charge in [0.1, 0.15) is 0 Å². The van der Waals surface area contributed by atoms with Crippen LogP contribution >= 0.6 is 0 Å². The lowest BCUT2D eigenvalue weighted by Crippen LogP contribution is -2.39. The average Bonchev–Trinajstić information content (AvgIpc) is 2.45. The van der Waals surface area contributed by atoms with E-state index in [1.807, 2.05) is 19.2 Å². The van der Waals surface area contributed by atoms with Crippen LogP contribution in [0.5, 0.6) is 0 Å². The summed E-state index contributed by atoms with van der Waals surface area (Å²) < 4.78 is 5.86. The summed E-state index contributed by atoms with van der Waals surface area (Å²) in [4.78, 5) is 6.80. The Morgan fingerprint density at radius 2 is 2.37 bits per heavy atom. The van der Waals surface area contributed by atoms with Gasteiger partial charge in [-0.1, -0.05) is 6.92 Å². The molecule has 2 rings (SSSR count). The lowest BCUT2D eigenvalue weighted by Gasteiger charge is -2.34. The van der Waals surface area contributed by atoms with Crippen molar-refractivity contribution in [3.8, 4) is 0 Å². The van der Waals surface area contributed by atoms with Gasteiger partial charge < -0.3 is 15.4 Å². The van der Waals surface area contributed by atoms with Crippen molar-refractivity contribution >= 4 is 5.69 Å². The molecule has 1 aliphatic rings. The van der Waals surface area contributed by atoms with E-state index in [9.17, 15) is 0 Å².